The van der Waals surface area contributed by atoms with Crippen molar-refractivity contribution in [3.8, 4) is 16.9 Å². The summed E-state index contributed by atoms with van der Waals surface area (Å²) in [5, 5.41) is 0. The number of hydrogen-bond donors (Lipinski definition) is 0. The van der Waals surface area contributed by atoms with Gasteiger partial charge in [0.05, 0.1) is 7.11 Å². The van der Waals surface area contributed by atoms with Gasteiger partial charge in [0.25, 0.3) is 0 Å². The van der Waals surface area contributed by atoms with Gasteiger partial charge in [0.15, 0.2) is 0 Å². The third-order valence-corrected chi connectivity index (χ3v) is 2.90. The maximum absolute atomic E-state index is 12.1. The lowest BCUT2D eigenvalue weighted by Crippen LogP contribution is -2.16. The molecule has 116 valence electrons. The van der Waals surface area contributed by atoms with E-state index in [2.05, 4.69) is 14.5 Å². The summed E-state index contributed by atoms with van der Waals surface area (Å²) in [6.45, 7) is 1.77. The molecule has 1 heterocycles. The van der Waals surface area contributed by atoms with Gasteiger partial charge in [-0.05, 0) is 36.2 Å². The second kappa shape index (κ2) is 6.05. The van der Waals surface area contributed by atoms with Gasteiger partial charge in [0.2, 0.25) is 0 Å². The summed E-state index contributed by atoms with van der Waals surface area (Å²) in [7, 11) is 1.26. The van der Waals surface area contributed by atoms with Gasteiger partial charge >= 0.3 is 12.3 Å². The van der Waals surface area contributed by atoms with Crippen molar-refractivity contribution in [2.45, 2.75) is 13.3 Å². The van der Waals surface area contributed by atoms with E-state index in [0.29, 0.717) is 11.1 Å². The Hall–Kier alpha value is -2.57. The fourth-order valence-corrected chi connectivity index (χ4v) is 1.91. The zero-order chi connectivity index (χ0) is 16.3. The monoisotopic (exact) mass is 311 g/mol. The van der Waals surface area contributed by atoms with Crippen molar-refractivity contribution >= 4 is 5.97 Å². The number of esters is 1. The number of nitrogens with zero attached hydrogens (tertiary/aromatic N) is 1. The molecule has 1 aromatic heterocycles. The summed E-state index contributed by atoms with van der Waals surface area (Å²) in [6, 6.07) is 6.97. The summed E-state index contributed by atoms with van der Waals surface area (Å²) in [4.78, 5) is 15.4. The highest BCUT2D eigenvalue weighted by Crippen LogP contribution is 2.28. The number of carbonyl (C=O) groups excluding carboxylic acids is 1. The number of pyridine rings is 1. The highest BCUT2D eigenvalue weighted by Gasteiger charge is 2.30. The summed E-state index contributed by atoms with van der Waals surface area (Å²) >= 11 is 0. The van der Waals surface area contributed by atoms with E-state index in [0.717, 1.165) is 5.56 Å². The Kier molecular flexibility index (Phi) is 4.35. The molecule has 0 fully saturated rings. The van der Waals surface area contributed by atoms with Gasteiger partial charge in [-0.1, -0.05) is 12.1 Å². The smallest absolute Gasteiger partial charge is 0.464 e. The average Bonchev–Trinajstić information content (AvgIpc) is 2.46. The van der Waals surface area contributed by atoms with Crippen molar-refractivity contribution in [1.29, 1.82) is 0 Å². The van der Waals surface area contributed by atoms with Gasteiger partial charge in [-0.15, -0.1) is 13.2 Å². The molecule has 0 spiro atoms. The third-order valence-electron chi connectivity index (χ3n) is 2.90. The van der Waals surface area contributed by atoms with Crippen LogP contribution in [0.15, 0.2) is 36.5 Å². The van der Waals surface area contributed by atoms with Gasteiger partial charge in [0, 0.05) is 11.8 Å². The topological polar surface area (TPSA) is 48.4 Å². The summed E-state index contributed by atoms with van der Waals surface area (Å²) in [6.07, 6.45) is -3.25. The standard InChI is InChI=1S/C15H12F3NO3/c1-9-7-13(14(20)21-2)19-8-12(9)10-3-5-11(6-4-10)22-15(16,17)18/h3-8H,1-2H3. The molecule has 4 nitrogen and oxygen atoms in total. The van der Waals surface area contributed by atoms with Crippen molar-refractivity contribution < 1.29 is 27.4 Å². The highest BCUT2D eigenvalue weighted by atomic mass is 19.4. The number of carbonyl (C=O) groups is 1. The molecule has 0 saturated heterocycles. The van der Waals surface area contributed by atoms with Crippen LogP contribution in [-0.4, -0.2) is 24.4 Å². The summed E-state index contributed by atoms with van der Waals surface area (Å²) in [5.74, 6) is -0.850. The highest BCUT2D eigenvalue weighted by molar-refractivity contribution is 5.88. The molecule has 0 aliphatic carbocycles. The van der Waals surface area contributed by atoms with E-state index in [1.54, 1.807) is 13.0 Å². The number of rotatable bonds is 3. The van der Waals surface area contributed by atoms with Crippen LogP contribution < -0.4 is 4.74 Å². The molecule has 0 saturated carbocycles. The Balaban J connectivity index is 2.27. The molecule has 2 rings (SSSR count). The van der Waals surface area contributed by atoms with Gasteiger partial charge in [-0.2, -0.15) is 0 Å². The molecule has 2 aromatic rings. The Morgan fingerprint density at radius 3 is 2.32 bits per heavy atom. The van der Waals surface area contributed by atoms with Gasteiger partial charge in [-0.25, -0.2) is 9.78 Å². The molecule has 1 aromatic carbocycles. The lowest BCUT2D eigenvalue weighted by molar-refractivity contribution is -0.274. The summed E-state index contributed by atoms with van der Waals surface area (Å²) < 4.78 is 44.7. The number of ether oxygens (including phenoxy) is 2. The zero-order valence-corrected chi connectivity index (χ0v) is 11.8. The van der Waals surface area contributed by atoms with Crippen LogP contribution in [-0.2, 0) is 4.74 Å². The van der Waals surface area contributed by atoms with Crippen LogP contribution in [0.1, 0.15) is 16.1 Å². The first-order chi connectivity index (χ1) is 10.3. The Morgan fingerprint density at radius 2 is 1.82 bits per heavy atom. The van der Waals surface area contributed by atoms with Gasteiger partial charge in [-0.3, -0.25) is 0 Å². The Morgan fingerprint density at radius 1 is 1.18 bits per heavy atom. The number of alkyl halides is 3. The molecule has 0 bridgehead atoms. The Labute approximate surface area is 124 Å². The van der Waals surface area contributed by atoms with Gasteiger partial charge < -0.3 is 9.47 Å². The van der Waals surface area contributed by atoms with Crippen LogP contribution in [0.3, 0.4) is 0 Å². The number of methoxy groups -OCH3 is 1. The number of hydrogen-bond acceptors (Lipinski definition) is 4. The SMILES string of the molecule is COC(=O)c1cc(C)c(-c2ccc(OC(F)(F)F)cc2)cn1. The molecule has 0 unspecified atom stereocenters. The molecule has 7 heteroatoms. The minimum absolute atomic E-state index is 0.167. The normalized spacial score (nSPS) is 11.1. The van der Waals surface area contributed by atoms with E-state index < -0.39 is 12.3 Å². The first-order valence-electron chi connectivity index (χ1n) is 6.21. The lowest BCUT2D eigenvalue weighted by Gasteiger charge is -2.10. The molecular weight excluding hydrogens is 299 g/mol. The minimum atomic E-state index is -4.72. The van der Waals surface area contributed by atoms with E-state index in [4.69, 9.17) is 0 Å². The van der Waals surface area contributed by atoms with Crippen molar-refractivity contribution in [1.82, 2.24) is 4.98 Å². The average molecular weight is 311 g/mol. The zero-order valence-electron chi connectivity index (χ0n) is 11.8. The van der Waals surface area contributed by atoms with Crippen LogP contribution in [0.5, 0.6) is 5.75 Å². The van der Waals surface area contributed by atoms with Crippen molar-refractivity contribution in [3.05, 3.63) is 47.8 Å². The second-order valence-electron chi connectivity index (χ2n) is 4.45. The van der Waals surface area contributed by atoms with Crippen LogP contribution in [0, 0.1) is 6.92 Å². The van der Waals surface area contributed by atoms with Crippen LogP contribution in [0.4, 0.5) is 13.2 Å². The molecule has 0 atom stereocenters. The van der Waals surface area contributed by atoms with E-state index in [9.17, 15) is 18.0 Å². The Bertz CT molecular complexity index is 681. The predicted molar refractivity (Wildman–Crippen MR) is 72.4 cm³/mol. The fraction of sp³-hybridized carbons (Fsp3) is 0.200. The maximum Gasteiger partial charge on any atom is 0.573 e. The molecule has 0 aliphatic rings. The van der Waals surface area contributed by atoms with E-state index in [1.165, 1.54) is 37.6 Å². The molecule has 0 N–H and O–H groups in total. The number of halogens is 3. The largest absolute Gasteiger partial charge is 0.573 e. The number of benzene rings is 1. The van der Waals surface area contributed by atoms with Crippen LogP contribution in [0.2, 0.25) is 0 Å². The fourth-order valence-electron chi connectivity index (χ4n) is 1.91. The predicted octanol–water partition coefficient (Wildman–Crippen LogP) is 3.74. The number of aryl methyl sites for hydroxylation is 1. The van der Waals surface area contributed by atoms with E-state index >= 15 is 0 Å². The van der Waals surface area contributed by atoms with Crippen molar-refractivity contribution in [3.63, 3.8) is 0 Å². The van der Waals surface area contributed by atoms with E-state index in [-0.39, 0.29) is 11.4 Å². The number of aromatic nitrogens is 1. The lowest BCUT2D eigenvalue weighted by atomic mass is 10.0. The second-order valence-corrected chi connectivity index (χ2v) is 4.45. The first-order valence-corrected chi connectivity index (χ1v) is 6.21. The van der Waals surface area contributed by atoms with Gasteiger partial charge in [0.1, 0.15) is 11.4 Å². The molecule has 0 radical (unpaired) electrons. The minimum Gasteiger partial charge on any atom is -0.464 e. The molecule has 22 heavy (non-hydrogen) atoms. The first kappa shape index (κ1) is 15.8. The maximum atomic E-state index is 12.1. The summed E-state index contributed by atoms with van der Waals surface area (Å²) in [5.41, 5.74) is 2.28. The molecule has 0 amide bonds. The molecular formula is C15H12F3NO3. The van der Waals surface area contributed by atoms with Crippen LogP contribution >= 0.6 is 0 Å². The van der Waals surface area contributed by atoms with Crippen LogP contribution in [0.25, 0.3) is 11.1 Å². The quantitative estimate of drug-likeness (QED) is 0.810. The van der Waals surface area contributed by atoms with E-state index in [1.807, 2.05) is 0 Å². The third kappa shape index (κ3) is 3.75. The molecule has 0 aliphatic heterocycles. The van der Waals surface area contributed by atoms with Crippen molar-refractivity contribution in [2.24, 2.45) is 0 Å². The van der Waals surface area contributed by atoms with Crippen molar-refractivity contribution in [2.75, 3.05) is 7.11 Å².